The molecule has 1 amide bonds. The van der Waals surface area contributed by atoms with Crippen LogP contribution in [0.2, 0.25) is 0 Å². The van der Waals surface area contributed by atoms with E-state index in [2.05, 4.69) is 32.4 Å². The molecule has 11 nitrogen and oxygen atoms in total. The van der Waals surface area contributed by atoms with E-state index in [4.69, 9.17) is 14.8 Å². The lowest BCUT2D eigenvalue weighted by Crippen LogP contribution is -2.44. The number of aromatic amines is 1. The maximum Gasteiger partial charge on any atom is 0.228 e. The van der Waals surface area contributed by atoms with Crippen molar-refractivity contribution in [3.05, 3.63) is 30.6 Å². The zero-order valence-electron chi connectivity index (χ0n) is 19.1. The minimum atomic E-state index is -0.195. The van der Waals surface area contributed by atoms with Gasteiger partial charge in [-0.15, -0.1) is 5.10 Å². The number of rotatable bonds is 5. The van der Waals surface area contributed by atoms with Gasteiger partial charge in [0.05, 0.1) is 36.5 Å². The topological polar surface area (TPSA) is 119 Å². The van der Waals surface area contributed by atoms with Crippen molar-refractivity contribution in [1.82, 2.24) is 34.7 Å². The number of carbonyl (C=O) groups excluding carboxylic acids is 1. The first-order valence-electron chi connectivity index (χ1n) is 11.0. The van der Waals surface area contributed by atoms with Crippen LogP contribution in [0.4, 0.5) is 11.6 Å². The Morgan fingerprint density at radius 3 is 2.82 bits per heavy atom. The Morgan fingerprint density at radius 1 is 1.30 bits per heavy atom. The first-order chi connectivity index (χ1) is 15.9. The summed E-state index contributed by atoms with van der Waals surface area (Å²) in [4.78, 5) is 19.9. The quantitative estimate of drug-likeness (QED) is 0.480. The SMILES string of the molecule is CC(C)C(=O)Nc1nn(-c2ccn[nH]2)c2nc(N3CCOC[C@H]3C)cc(-c3ccnn3C)c12. The van der Waals surface area contributed by atoms with E-state index in [0.717, 1.165) is 29.0 Å². The summed E-state index contributed by atoms with van der Waals surface area (Å²) in [6.45, 7) is 7.83. The summed E-state index contributed by atoms with van der Waals surface area (Å²) >= 11 is 0. The molecule has 4 aromatic rings. The van der Waals surface area contributed by atoms with Gasteiger partial charge >= 0.3 is 0 Å². The molecule has 1 fully saturated rings. The van der Waals surface area contributed by atoms with Crippen molar-refractivity contribution in [3.63, 3.8) is 0 Å². The van der Waals surface area contributed by atoms with E-state index in [9.17, 15) is 4.79 Å². The van der Waals surface area contributed by atoms with E-state index in [-0.39, 0.29) is 17.9 Å². The summed E-state index contributed by atoms with van der Waals surface area (Å²) in [5, 5.41) is 19.9. The number of aryl methyl sites for hydroxylation is 1. The second-order valence-electron chi connectivity index (χ2n) is 8.53. The van der Waals surface area contributed by atoms with Crippen LogP contribution in [0.5, 0.6) is 0 Å². The smallest absolute Gasteiger partial charge is 0.228 e. The van der Waals surface area contributed by atoms with Crippen LogP contribution in [0.1, 0.15) is 20.8 Å². The molecular weight excluding hydrogens is 422 g/mol. The molecule has 1 atom stereocenters. The Kier molecular flexibility index (Phi) is 5.33. The molecule has 4 aromatic heterocycles. The summed E-state index contributed by atoms with van der Waals surface area (Å²) in [6.07, 6.45) is 3.41. The monoisotopic (exact) mass is 449 g/mol. The van der Waals surface area contributed by atoms with Crippen molar-refractivity contribution >= 4 is 28.6 Å². The summed E-state index contributed by atoms with van der Waals surface area (Å²) in [5.74, 6) is 1.60. The van der Waals surface area contributed by atoms with Gasteiger partial charge in [0.2, 0.25) is 5.91 Å². The Balaban J connectivity index is 1.80. The molecule has 33 heavy (non-hydrogen) atoms. The van der Waals surface area contributed by atoms with Gasteiger partial charge in [0.1, 0.15) is 5.82 Å². The van der Waals surface area contributed by atoms with E-state index >= 15 is 0 Å². The second-order valence-corrected chi connectivity index (χ2v) is 8.53. The molecule has 1 aliphatic heterocycles. The van der Waals surface area contributed by atoms with Crippen LogP contribution in [0.25, 0.3) is 28.1 Å². The van der Waals surface area contributed by atoms with Gasteiger partial charge in [-0.25, -0.2) is 4.98 Å². The largest absolute Gasteiger partial charge is 0.377 e. The molecule has 0 unspecified atom stereocenters. The van der Waals surface area contributed by atoms with Crippen LogP contribution >= 0.6 is 0 Å². The van der Waals surface area contributed by atoms with Crippen molar-refractivity contribution in [2.24, 2.45) is 13.0 Å². The number of pyridine rings is 1. The van der Waals surface area contributed by atoms with Gasteiger partial charge in [-0.2, -0.15) is 14.9 Å². The molecule has 0 aliphatic carbocycles. The second kappa shape index (κ2) is 8.32. The van der Waals surface area contributed by atoms with Crippen molar-refractivity contribution in [1.29, 1.82) is 0 Å². The average molecular weight is 450 g/mol. The zero-order chi connectivity index (χ0) is 23.1. The lowest BCUT2D eigenvalue weighted by atomic mass is 10.1. The molecule has 0 radical (unpaired) electrons. The summed E-state index contributed by atoms with van der Waals surface area (Å²) in [5.41, 5.74) is 2.40. The highest BCUT2D eigenvalue weighted by Gasteiger charge is 2.27. The fourth-order valence-electron chi connectivity index (χ4n) is 4.04. The number of nitrogens with one attached hydrogen (secondary N) is 2. The number of carbonyl (C=O) groups is 1. The Hall–Kier alpha value is -3.73. The van der Waals surface area contributed by atoms with Gasteiger partial charge in [0, 0.05) is 37.3 Å². The number of fused-ring (bicyclic) bond motifs is 1. The molecule has 0 saturated carbocycles. The molecule has 0 spiro atoms. The molecule has 11 heteroatoms. The number of anilines is 2. The highest BCUT2D eigenvalue weighted by atomic mass is 16.5. The zero-order valence-corrected chi connectivity index (χ0v) is 19.1. The van der Waals surface area contributed by atoms with Crippen LogP contribution in [0.15, 0.2) is 30.6 Å². The van der Waals surface area contributed by atoms with E-state index in [1.54, 1.807) is 17.1 Å². The number of hydrogen-bond donors (Lipinski definition) is 2. The lowest BCUT2D eigenvalue weighted by Gasteiger charge is -2.34. The molecule has 0 bridgehead atoms. The maximum absolute atomic E-state index is 12.6. The summed E-state index contributed by atoms with van der Waals surface area (Å²) in [7, 11) is 1.89. The van der Waals surface area contributed by atoms with Crippen LogP contribution in [0, 0.1) is 5.92 Å². The van der Waals surface area contributed by atoms with Gasteiger partial charge in [0.15, 0.2) is 17.3 Å². The van der Waals surface area contributed by atoms with Crippen LogP contribution in [0.3, 0.4) is 0 Å². The number of hydrogen-bond acceptors (Lipinski definition) is 7. The highest BCUT2D eigenvalue weighted by molar-refractivity contribution is 6.07. The van der Waals surface area contributed by atoms with E-state index in [1.165, 1.54) is 0 Å². The molecule has 0 aromatic carbocycles. The van der Waals surface area contributed by atoms with Crippen LogP contribution < -0.4 is 10.2 Å². The van der Waals surface area contributed by atoms with Gasteiger partial charge in [-0.1, -0.05) is 13.8 Å². The van der Waals surface area contributed by atoms with Gasteiger partial charge in [0.25, 0.3) is 0 Å². The van der Waals surface area contributed by atoms with Crippen molar-refractivity contribution in [2.75, 3.05) is 30.0 Å². The standard InChI is InChI=1S/C22H27N9O2/c1-13(2)22(32)26-20-19-15(16-5-8-24-29(16)4)11-18(30-9-10-33-12-14(30)3)25-21(19)31(28-20)17-6-7-23-27-17/h5-8,11,13-14H,9-10,12H2,1-4H3,(H,23,27)(H,26,28,32)/t14-/m1/s1. The minimum Gasteiger partial charge on any atom is -0.377 e. The molecule has 1 saturated heterocycles. The summed E-state index contributed by atoms with van der Waals surface area (Å²) < 4.78 is 9.13. The molecule has 2 N–H and O–H groups in total. The van der Waals surface area contributed by atoms with Gasteiger partial charge < -0.3 is 15.0 Å². The number of H-pyrrole nitrogens is 1. The van der Waals surface area contributed by atoms with Gasteiger partial charge in [-0.05, 0) is 19.1 Å². The van der Waals surface area contributed by atoms with E-state index < -0.39 is 0 Å². The van der Waals surface area contributed by atoms with Crippen molar-refractivity contribution in [2.45, 2.75) is 26.8 Å². The Bertz CT molecular complexity index is 1290. The first-order valence-corrected chi connectivity index (χ1v) is 11.0. The predicted octanol–water partition coefficient (Wildman–Crippen LogP) is 2.36. The average Bonchev–Trinajstić information content (AvgIpc) is 3.54. The third kappa shape index (κ3) is 3.74. The number of morpholine rings is 1. The fourth-order valence-corrected chi connectivity index (χ4v) is 4.04. The minimum absolute atomic E-state index is 0.118. The fraction of sp³-hybridized carbons (Fsp3) is 0.409. The number of amides is 1. The van der Waals surface area contributed by atoms with Crippen molar-refractivity contribution < 1.29 is 9.53 Å². The molecule has 5 heterocycles. The lowest BCUT2D eigenvalue weighted by molar-refractivity contribution is -0.118. The number of ether oxygens (including phenoxy) is 1. The number of nitrogens with zero attached hydrogens (tertiary/aromatic N) is 7. The third-order valence-electron chi connectivity index (χ3n) is 5.86. The Morgan fingerprint density at radius 2 is 2.15 bits per heavy atom. The number of aromatic nitrogens is 7. The third-order valence-corrected chi connectivity index (χ3v) is 5.86. The van der Waals surface area contributed by atoms with Crippen molar-refractivity contribution in [3.8, 4) is 17.1 Å². The normalized spacial score (nSPS) is 16.6. The molecular formula is C22H27N9O2. The van der Waals surface area contributed by atoms with Crippen LogP contribution in [-0.4, -0.2) is 66.4 Å². The van der Waals surface area contributed by atoms with Crippen LogP contribution in [-0.2, 0) is 16.6 Å². The van der Waals surface area contributed by atoms with E-state index in [1.807, 2.05) is 43.8 Å². The maximum atomic E-state index is 12.6. The molecule has 5 rings (SSSR count). The van der Waals surface area contributed by atoms with E-state index in [0.29, 0.717) is 30.5 Å². The van der Waals surface area contributed by atoms with Gasteiger partial charge in [-0.3, -0.25) is 14.6 Å². The Labute approximate surface area is 190 Å². The first kappa shape index (κ1) is 21.1. The summed E-state index contributed by atoms with van der Waals surface area (Å²) in [6, 6.07) is 5.98. The highest BCUT2D eigenvalue weighted by Crippen LogP contribution is 2.37. The molecule has 1 aliphatic rings. The predicted molar refractivity (Wildman–Crippen MR) is 124 cm³/mol. The molecule has 172 valence electrons.